The Morgan fingerprint density at radius 2 is 1.90 bits per heavy atom. The van der Waals surface area contributed by atoms with E-state index in [0.29, 0.717) is 24.5 Å². The van der Waals surface area contributed by atoms with Gasteiger partial charge in [-0.15, -0.1) is 0 Å². The first-order valence-corrected chi connectivity index (χ1v) is 9.89. The molecule has 154 valence electrons. The highest BCUT2D eigenvalue weighted by molar-refractivity contribution is 5.98. The molecule has 0 aliphatic carbocycles. The van der Waals surface area contributed by atoms with Crippen molar-refractivity contribution in [1.29, 1.82) is 0 Å². The predicted molar refractivity (Wildman–Crippen MR) is 115 cm³/mol. The van der Waals surface area contributed by atoms with Crippen LogP contribution in [0.1, 0.15) is 54.0 Å². The maximum absolute atomic E-state index is 12.1. The molecule has 0 N–H and O–H groups in total. The smallest absolute Gasteiger partial charge is 0.224 e. The number of carbonyl (C=O) groups is 1. The molecular weight excluding hydrogens is 366 g/mol. The fraction of sp³-hybridized carbons (Fsp3) is 0.435. The molecular formula is C23H29N3O3. The van der Waals surface area contributed by atoms with Gasteiger partial charge in [-0.3, -0.25) is 4.79 Å². The summed E-state index contributed by atoms with van der Waals surface area (Å²) >= 11 is 0. The maximum atomic E-state index is 12.1. The number of carbonyl (C=O) groups excluding carboxylic acids is 1. The highest BCUT2D eigenvalue weighted by Gasteiger charge is 2.20. The Hall–Kier alpha value is -2.73. The van der Waals surface area contributed by atoms with Gasteiger partial charge in [0.15, 0.2) is 5.78 Å². The molecule has 0 amide bonds. The van der Waals surface area contributed by atoms with Gasteiger partial charge in [0.05, 0.1) is 47.7 Å². The minimum atomic E-state index is -0.0762. The lowest BCUT2D eigenvalue weighted by Crippen LogP contribution is -2.10. The van der Waals surface area contributed by atoms with Crippen molar-refractivity contribution in [3.8, 4) is 17.1 Å². The summed E-state index contributed by atoms with van der Waals surface area (Å²) in [6.07, 6.45) is 2.84. The predicted octanol–water partition coefficient (Wildman–Crippen LogP) is 4.70. The molecule has 1 unspecified atom stereocenters. The lowest BCUT2D eigenvalue weighted by Gasteiger charge is -2.16. The topological polar surface area (TPSA) is 66.2 Å². The van der Waals surface area contributed by atoms with Gasteiger partial charge in [-0.25, -0.2) is 9.97 Å². The van der Waals surface area contributed by atoms with Gasteiger partial charge in [-0.05, 0) is 57.4 Å². The minimum Gasteiger partial charge on any atom is -0.480 e. The fourth-order valence-electron chi connectivity index (χ4n) is 3.80. The second kappa shape index (κ2) is 8.33. The third-order valence-corrected chi connectivity index (χ3v) is 5.29. The summed E-state index contributed by atoms with van der Waals surface area (Å²) in [6.45, 7) is 10.5. The third kappa shape index (κ3) is 3.77. The quantitative estimate of drug-likeness (QED) is 0.543. The van der Waals surface area contributed by atoms with E-state index in [1.54, 1.807) is 7.11 Å². The number of hydrogen-bond acceptors (Lipinski definition) is 5. The number of nitrogens with zero attached hydrogens (tertiary/aromatic N) is 3. The Labute approximate surface area is 171 Å². The van der Waals surface area contributed by atoms with Crippen molar-refractivity contribution < 1.29 is 14.3 Å². The van der Waals surface area contributed by atoms with E-state index >= 15 is 0 Å². The molecule has 6 heteroatoms. The van der Waals surface area contributed by atoms with E-state index in [4.69, 9.17) is 14.5 Å². The molecule has 6 nitrogen and oxygen atoms in total. The summed E-state index contributed by atoms with van der Waals surface area (Å²) < 4.78 is 12.9. The zero-order valence-corrected chi connectivity index (χ0v) is 18.3. The van der Waals surface area contributed by atoms with Crippen LogP contribution in [0.3, 0.4) is 0 Å². The van der Waals surface area contributed by atoms with Gasteiger partial charge in [0.1, 0.15) is 0 Å². The van der Waals surface area contributed by atoms with Crippen molar-refractivity contribution in [2.75, 3.05) is 20.8 Å². The van der Waals surface area contributed by atoms with E-state index in [0.717, 1.165) is 39.1 Å². The van der Waals surface area contributed by atoms with Crippen molar-refractivity contribution in [3.05, 3.63) is 40.7 Å². The van der Waals surface area contributed by atoms with Crippen LogP contribution in [0.2, 0.25) is 0 Å². The molecule has 0 radical (unpaired) electrons. The summed E-state index contributed by atoms with van der Waals surface area (Å²) in [6, 6.07) is 4.24. The SMILES string of the molecule is CCc1nc(OC)c(C(C)=O)cc1-c1nc2c(C)cn(C(C)COC)c2cc1C. The van der Waals surface area contributed by atoms with Crippen molar-refractivity contribution in [3.63, 3.8) is 0 Å². The van der Waals surface area contributed by atoms with Crippen LogP contribution in [0.5, 0.6) is 5.88 Å². The average Bonchev–Trinajstić information content (AvgIpc) is 3.02. The van der Waals surface area contributed by atoms with E-state index < -0.39 is 0 Å². The van der Waals surface area contributed by atoms with E-state index in [1.807, 2.05) is 19.9 Å². The molecule has 29 heavy (non-hydrogen) atoms. The number of Topliss-reactive ketones (excluding diaryl/α,β-unsaturated/α-hetero) is 1. The van der Waals surface area contributed by atoms with E-state index in [2.05, 4.69) is 35.7 Å². The van der Waals surface area contributed by atoms with Crippen molar-refractivity contribution in [2.24, 2.45) is 0 Å². The monoisotopic (exact) mass is 395 g/mol. The van der Waals surface area contributed by atoms with Crippen LogP contribution >= 0.6 is 0 Å². The summed E-state index contributed by atoms with van der Waals surface area (Å²) in [5, 5.41) is 0. The Morgan fingerprint density at radius 3 is 2.48 bits per heavy atom. The second-order valence-electron chi connectivity index (χ2n) is 7.49. The molecule has 3 aromatic heterocycles. The number of ketones is 1. The van der Waals surface area contributed by atoms with Gasteiger partial charge in [-0.2, -0.15) is 0 Å². The normalized spacial score (nSPS) is 12.4. The van der Waals surface area contributed by atoms with E-state index in [-0.39, 0.29) is 11.8 Å². The van der Waals surface area contributed by atoms with E-state index in [9.17, 15) is 4.79 Å². The summed E-state index contributed by atoms with van der Waals surface area (Å²) in [5.41, 5.74) is 7.27. The van der Waals surface area contributed by atoms with Crippen LogP contribution in [0.15, 0.2) is 18.3 Å². The highest BCUT2D eigenvalue weighted by Crippen LogP contribution is 2.33. The number of aryl methyl sites for hydroxylation is 3. The molecule has 1 atom stereocenters. The van der Waals surface area contributed by atoms with Gasteiger partial charge in [0.2, 0.25) is 5.88 Å². The lowest BCUT2D eigenvalue weighted by atomic mass is 9.99. The summed E-state index contributed by atoms with van der Waals surface area (Å²) in [4.78, 5) is 21.8. The average molecular weight is 396 g/mol. The number of hydrogen-bond donors (Lipinski definition) is 0. The van der Waals surface area contributed by atoms with Crippen LogP contribution < -0.4 is 4.74 Å². The maximum Gasteiger partial charge on any atom is 0.224 e. The van der Waals surface area contributed by atoms with Crippen LogP contribution in [-0.4, -0.2) is 41.1 Å². The third-order valence-electron chi connectivity index (χ3n) is 5.29. The minimum absolute atomic E-state index is 0.0762. The molecule has 0 saturated carbocycles. The molecule has 0 fully saturated rings. The summed E-state index contributed by atoms with van der Waals surface area (Å²) in [7, 11) is 3.25. The Morgan fingerprint density at radius 1 is 1.17 bits per heavy atom. The molecule has 0 spiro atoms. The van der Waals surface area contributed by atoms with Gasteiger partial charge in [0, 0.05) is 18.9 Å². The zero-order chi connectivity index (χ0) is 21.3. The first kappa shape index (κ1) is 21.0. The van der Waals surface area contributed by atoms with Crippen LogP contribution in [0.4, 0.5) is 0 Å². The van der Waals surface area contributed by atoms with Crippen molar-refractivity contribution in [2.45, 2.75) is 47.1 Å². The van der Waals surface area contributed by atoms with Crippen molar-refractivity contribution in [1.82, 2.24) is 14.5 Å². The molecule has 0 aromatic carbocycles. The molecule has 0 saturated heterocycles. The Bertz CT molecular complexity index is 1070. The standard InChI is InChI=1S/C23H29N3O3/c1-8-19-18(10-17(16(5)27)23(24-19)29-7)21-13(2)9-20-22(25-21)14(3)11-26(20)15(4)12-28-6/h9-11,15H,8,12H2,1-7H3. The number of aromatic nitrogens is 3. The molecule has 0 aliphatic heterocycles. The number of pyridine rings is 2. The van der Waals surface area contributed by atoms with Crippen LogP contribution in [0, 0.1) is 13.8 Å². The van der Waals surface area contributed by atoms with Gasteiger partial charge >= 0.3 is 0 Å². The first-order valence-electron chi connectivity index (χ1n) is 9.89. The Balaban J connectivity index is 2.25. The highest BCUT2D eigenvalue weighted by atomic mass is 16.5. The molecule has 3 rings (SSSR count). The number of methoxy groups -OCH3 is 2. The van der Waals surface area contributed by atoms with Crippen molar-refractivity contribution >= 4 is 16.8 Å². The largest absolute Gasteiger partial charge is 0.480 e. The van der Waals surface area contributed by atoms with Gasteiger partial charge in [0.25, 0.3) is 0 Å². The van der Waals surface area contributed by atoms with Gasteiger partial charge < -0.3 is 14.0 Å². The molecule has 3 heterocycles. The first-order chi connectivity index (χ1) is 13.8. The number of rotatable bonds is 7. The zero-order valence-electron chi connectivity index (χ0n) is 18.3. The number of ether oxygens (including phenoxy) is 2. The van der Waals surface area contributed by atoms with E-state index in [1.165, 1.54) is 14.0 Å². The molecule has 0 bridgehead atoms. The second-order valence-corrected chi connectivity index (χ2v) is 7.49. The fourth-order valence-corrected chi connectivity index (χ4v) is 3.80. The number of fused-ring (bicyclic) bond motifs is 1. The molecule has 3 aromatic rings. The lowest BCUT2D eigenvalue weighted by molar-refractivity contribution is 0.101. The van der Waals surface area contributed by atoms with Crippen LogP contribution in [-0.2, 0) is 11.2 Å². The Kier molecular flexibility index (Phi) is 6.03. The van der Waals surface area contributed by atoms with Gasteiger partial charge in [-0.1, -0.05) is 6.92 Å². The molecule has 0 aliphatic rings. The van der Waals surface area contributed by atoms with Crippen LogP contribution in [0.25, 0.3) is 22.3 Å². The summed E-state index contributed by atoms with van der Waals surface area (Å²) in [5.74, 6) is 0.292.